The van der Waals surface area contributed by atoms with E-state index in [1.54, 1.807) is 4.90 Å². The second kappa shape index (κ2) is 8.51. The SMILES string of the molecule is CC(C)(C)OC(=O)N1CC(=CB2OC(C)(C)C(C)(C)O2)CC1CO[Si](C)(C)C(C)(C)C. The van der Waals surface area contributed by atoms with E-state index < -0.39 is 21.0 Å². The van der Waals surface area contributed by atoms with Crippen LogP contribution >= 0.6 is 0 Å². The molecular formula is C23H44BNO5Si. The smallest absolute Gasteiger partial charge is 0.444 e. The van der Waals surface area contributed by atoms with Crippen LogP contribution in [0.3, 0.4) is 0 Å². The lowest BCUT2D eigenvalue weighted by molar-refractivity contribution is 0.00578. The highest BCUT2D eigenvalue weighted by molar-refractivity contribution is 6.74. The van der Waals surface area contributed by atoms with Crippen molar-refractivity contribution < 1.29 is 23.3 Å². The van der Waals surface area contributed by atoms with E-state index in [4.69, 9.17) is 18.5 Å². The normalized spacial score (nSPS) is 25.4. The van der Waals surface area contributed by atoms with Crippen LogP contribution in [0.4, 0.5) is 4.79 Å². The number of rotatable bonds is 4. The molecule has 0 saturated carbocycles. The van der Waals surface area contributed by atoms with Gasteiger partial charge in [-0.1, -0.05) is 32.3 Å². The Balaban J connectivity index is 2.19. The van der Waals surface area contributed by atoms with Crippen LogP contribution in [0.25, 0.3) is 0 Å². The summed E-state index contributed by atoms with van der Waals surface area (Å²) in [6.45, 7) is 26.0. The van der Waals surface area contributed by atoms with Crippen molar-refractivity contribution in [3.8, 4) is 0 Å². The number of hydrogen-bond donors (Lipinski definition) is 0. The van der Waals surface area contributed by atoms with Crippen molar-refractivity contribution in [3.05, 3.63) is 11.5 Å². The maximum Gasteiger partial charge on any atom is 0.487 e. The lowest BCUT2D eigenvalue weighted by Crippen LogP contribution is -2.46. The standard InChI is InChI=1S/C23H44BNO5Si/c1-20(2,3)28-19(26)25-15-17(14-24-29-22(7,8)23(9,10)30-24)13-18(25)16-27-31(11,12)21(4,5)6/h14,18H,13,15-16H2,1-12H3. The van der Waals surface area contributed by atoms with Crippen molar-refractivity contribution in [2.24, 2.45) is 0 Å². The van der Waals surface area contributed by atoms with Crippen molar-refractivity contribution in [3.63, 3.8) is 0 Å². The number of carbonyl (C=O) groups is 1. The van der Waals surface area contributed by atoms with E-state index in [2.05, 4.69) is 33.9 Å². The quantitative estimate of drug-likeness (QED) is 0.521. The van der Waals surface area contributed by atoms with Crippen LogP contribution in [-0.4, -0.2) is 62.4 Å². The van der Waals surface area contributed by atoms with Gasteiger partial charge in [-0.15, -0.1) is 0 Å². The third kappa shape index (κ3) is 6.36. The molecule has 178 valence electrons. The Morgan fingerprint density at radius 3 is 2.10 bits per heavy atom. The van der Waals surface area contributed by atoms with E-state index in [0.29, 0.717) is 13.2 Å². The summed E-state index contributed by atoms with van der Waals surface area (Å²) in [4.78, 5) is 14.8. The van der Waals surface area contributed by atoms with Crippen molar-refractivity contribution in [1.82, 2.24) is 4.90 Å². The van der Waals surface area contributed by atoms with E-state index >= 15 is 0 Å². The maximum absolute atomic E-state index is 13.0. The fraction of sp³-hybridized carbons (Fsp3) is 0.870. The van der Waals surface area contributed by atoms with Crippen LogP contribution in [-0.2, 0) is 18.5 Å². The summed E-state index contributed by atoms with van der Waals surface area (Å²) in [5, 5.41) is 0.115. The van der Waals surface area contributed by atoms with Crippen LogP contribution in [0.5, 0.6) is 0 Å². The van der Waals surface area contributed by atoms with Crippen LogP contribution in [0.15, 0.2) is 11.5 Å². The summed E-state index contributed by atoms with van der Waals surface area (Å²) in [6, 6.07) is -0.0577. The zero-order valence-electron chi connectivity index (χ0n) is 21.8. The molecule has 0 aromatic heterocycles. The monoisotopic (exact) mass is 453 g/mol. The zero-order chi connectivity index (χ0) is 24.0. The Bertz CT molecular complexity index is 690. The highest BCUT2D eigenvalue weighted by atomic mass is 28.4. The molecule has 2 saturated heterocycles. The van der Waals surface area contributed by atoms with Gasteiger partial charge in [0.15, 0.2) is 8.32 Å². The van der Waals surface area contributed by atoms with E-state index in [0.717, 1.165) is 12.0 Å². The van der Waals surface area contributed by atoms with Crippen LogP contribution in [0, 0.1) is 0 Å². The molecule has 0 radical (unpaired) electrons. The Kier molecular flexibility index (Phi) is 7.25. The fourth-order valence-electron chi connectivity index (χ4n) is 3.30. The first-order valence-corrected chi connectivity index (χ1v) is 14.3. The first-order valence-electron chi connectivity index (χ1n) is 11.4. The number of likely N-dealkylation sites (tertiary alicyclic amines) is 1. The topological polar surface area (TPSA) is 57.2 Å². The summed E-state index contributed by atoms with van der Waals surface area (Å²) in [6.07, 6.45) is 0.437. The second-order valence-corrected chi connectivity index (χ2v) is 17.3. The predicted octanol–water partition coefficient (Wildman–Crippen LogP) is 5.58. The second-order valence-electron chi connectivity index (χ2n) is 12.5. The van der Waals surface area contributed by atoms with Crippen molar-refractivity contribution in [1.29, 1.82) is 0 Å². The van der Waals surface area contributed by atoms with Gasteiger partial charge in [-0.2, -0.15) is 0 Å². The number of amides is 1. The van der Waals surface area contributed by atoms with Gasteiger partial charge in [-0.3, -0.25) is 4.90 Å². The highest BCUT2D eigenvalue weighted by Crippen LogP contribution is 2.39. The molecule has 0 aromatic carbocycles. The van der Waals surface area contributed by atoms with Gasteiger partial charge < -0.3 is 18.5 Å². The first-order chi connectivity index (χ1) is 13.7. The lowest BCUT2D eigenvalue weighted by Gasteiger charge is -2.38. The average molecular weight is 454 g/mol. The molecule has 1 unspecified atom stereocenters. The Morgan fingerprint density at radius 1 is 1.13 bits per heavy atom. The third-order valence-corrected chi connectivity index (χ3v) is 11.5. The molecule has 0 aromatic rings. The summed E-state index contributed by atoms with van der Waals surface area (Å²) < 4.78 is 24.4. The van der Waals surface area contributed by atoms with Gasteiger partial charge in [0.05, 0.1) is 23.9 Å². The predicted molar refractivity (Wildman–Crippen MR) is 129 cm³/mol. The Labute approximate surface area is 191 Å². The minimum absolute atomic E-state index is 0.0577. The number of hydrogen-bond acceptors (Lipinski definition) is 5. The molecule has 2 fully saturated rings. The zero-order valence-corrected chi connectivity index (χ0v) is 22.8. The number of carbonyl (C=O) groups excluding carboxylic acids is 1. The molecule has 0 N–H and O–H groups in total. The molecule has 2 aliphatic rings. The molecule has 1 atom stereocenters. The minimum atomic E-state index is -1.93. The third-order valence-electron chi connectivity index (χ3n) is 7.03. The molecule has 0 spiro atoms. The van der Waals surface area contributed by atoms with E-state index in [-0.39, 0.29) is 28.4 Å². The molecule has 8 heteroatoms. The van der Waals surface area contributed by atoms with E-state index in [1.807, 2.05) is 54.4 Å². The fourth-order valence-corrected chi connectivity index (χ4v) is 4.34. The van der Waals surface area contributed by atoms with Crippen LogP contribution in [0.2, 0.25) is 18.1 Å². The van der Waals surface area contributed by atoms with Gasteiger partial charge in [0.25, 0.3) is 0 Å². The molecule has 1 amide bonds. The summed E-state index contributed by atoms with van der Waals surface area (Å²) >= 11 is 0. The largest absolute Gasteiger partial charge is 0.487 e. The van der Waals surface area contributed by atoms with Crippen molar-refractivity contribution >= 4 is 21.5 Å². The van der Waals surface area contributed by atoms with Gasteiger partial charge in [0, 0.05) is 6.54 Å². The Morgan fingerprint density at radius 2 is 1.65 bits per heavy atom. The van der Waals surface area contributed by atoms with E-state index in [1.165, 1.54) is 0 Å². The van der Waals surface area contributed by atoms with Crippen LogP contribution < -0.4 is 0 Å². The minimum Gasteiger partial charge on any atom is -0.444 e. The van der Waals surface area contributed by atoms with E-state index in [9.17, 15) is 4.79 Å². The van der Waals surface area contributed by atoms with Gasteiger partial charge >= 0.3 is 13.2 Å². The van der Waals surface area contributed by atoms with Gasteiger partial charge in [0.2, 0.25) is 0 Å². The summed E-state index contributed by atoms with van der Waals surface area (Å²) in [7, 11) is -2.34. The Hall–Kier alpha value is -0.828. The van der Waals surface area contributed by atoms with Gasteiger partial charge in [-0.05, 0) is 73.0 Å². The molecule has 6 nitrogen and oxygen atoms in total. The number of nitrogens with zero attached hydrogens (tertiary/aromatic N) is 1. The lowest BCUT2D eigenvalue weighted by atomic mass is 9.86. The first kappa shape index (κ1) is 26.4. The summed E-state index contributed by atoms with van der Waals surface area (Å²) in [5.41, 5.74) is -0.195. The highest BCUT2D eigenvalue weighted by Gasteiger charge is 2.51. The molecular weight excluding hydrogens is 409 g/mol. The maximum atomic E-state index is 13.0. The average Bonchev–Trinajstić information content (AvgIpc) is 3.00. The van der Waals surface area contributed by atoms with Crippen LogP contribution in [0.1, 0.15) is 75.7 Å². The molecule has 2 rings (SSSR count). The van der Waals surface area contributed by atoms with Gasteiger partial charge in [0.1, 0.15) is 5.60 Å². The van der Waals surface area contributed by atoms with Crippen molar-refractivity contribution in [2.75, 3.05) is 13.2 Å². The molecule has 0 aliphatic carbocycles. The molecule has 0 bridgehead atoms. The number of ether oxygens (including phenoxy) is 1. The molecule has 31 heavy (non-hydrogen) atoms. The van der Waals surface area contributed by atoms with Crippen molar-refractivity contribution in [2.45, 2.75) is 117 Å². The van der Waals surface area contributed by atoms with Gasteiger partial charge in [-0.25, -0.2) is 4.79 Å². The molecule has 2 aliphatic heterocycles. The molecule has 2 heterocycles. The summed E-state index contributed by atoms with van der Waals surface area (Å²) in [5.74, 6) is 2.03.